The first-order valence-electron chi connectivity index (χ1n) is 6.13. The first kappa shape index (κ1) is 18.1. The third-order valence-electron chi connectivity index (χ3n) is 1.65. The van der Waals surface area contributed by atoms with E-state index in [4.69, 9.17) is 14.2 Å². The molecule has 0 amide bonds. The van der Waals surface area contributed by atoms with Crippen LogP contribution in [0.5, 0.6) is 5.75 Å². The first-order valence-corrected chi connectivity index (χ1v) is 8.61. The van der Waals surface area contributed by atoms with Gasteiger partial charge in [0, 0.05) is 0 Å². The second kappa shape index (κ2) is 9.96. The maximum atomic E-state index is 11.7. The second-order valence-corrected chi connectivity index (χ2v) is 5.81. The van der Waals surface area contributed by atoms with Crippen LogP contribution in [0.1, 0.15) is 44.5 Å². The summed E-state index contributed by atoms with van der Waals surface area (Å²) in [7, 11) is -2.29. The molecule has 108 valence electrons. The van der Waals surface area contributed by atoms with Crippen molar-refractivity contribution in [3.63, 3.8) is 0 Å². The Morgan fingerprint density at radius 1 is 1.37 bits per heavy atom. The monoisotopic (exact) mass is 304 g/mol. The molecule has 0 saturated carbocycles. The zero-order valence-corrected chi connectivity index (χ0v) is 13.5. The summed E-state index contributed by atoms with van der Waals surface area (Å²) in [6.07, 6.45) is 1.04. The summed E-state index contributed by atoms with van der Waals surface area (Å²) in [5.41, 5.74) is 0.276. The van der Waals surface area contributed by atoms with Crippen LogP contribution in [0, 0.1) is 0 Å². The van der Waals surface area contributed by atoms with Crippen LogP contribution in [-0.4, -0.2) is 17.0 Å². The van der Waals surface area contributed by atoms with Crippen LogP contribution in [0.25, 0.3) is 0 Å². The van der Waals surface area contributed by atoms with Crippen molar-refractivity contribution in [1.29, 1.82) is 0 Å². The number of ether oxygens (including phenoxy) is 1. The zero-order chi connectivity index (χ0) is 14.8. The quantitative estimate of drug-likeness (QED) is 0.681. The lowest BCUT2D eigenvalue weighted by atomic mass is 10.2. The van der Waals surface area contributed by atoms with Gasteiger partial charge in [0.15, 0.2) is 0 Å². The van der Waals surface area contributed by atoms with E-state index in [9.17, 15) is 4.79 Å². The van der Waals surface area contributed by atoms with Crippen LogP contribution >= 0.6 is 7.15 Å². The highest BCUT2D eigenvalue weighted by Crippen LogP contribution is 2.27. The average molecular weight is 304 g/mol. The minimum absolute atomic E-state index is 0.206. The van der Waals surface area contributed by atoms with Crippen molar-refractivity contribution in [3.05, 3.63) is 29.8 Å². The summed E-state index contributed by atoms with van der Waals surface area (Å²) >= 11 is 4.58. The summed E-state index contributed by atoms with van der Waals surface area (Å²) < 4.78 is 10.1. The van der Waals surface area contributed by atoms with E-state index in [2.05, 4.69) is 25.7 Å². The molecule has 0 saturated heterocycles. The van der Waals surface area contributed by atoms with E-state index in [-0.39, 0.29) is 17.4 Å². The van der Waals surface area contributed by atoms with Gasteiger partial charge in [-0.3, -0.25) is 0 Å². The standard InChI is InChI=1S/C10H13O4PS.C3H8/c1-7(2)13-10(11)8-5-3-4-6-9(8)14-15(12)16;1-3-2/h3-7,15H,1-2H3,(H,12,16);3H2,1-2H3. The number of carbonyl (C=O) groups is 1. The van der Waals surface area contributed by atoms with Gasteiger partial charge in [-0.25, -0.2) is 4.79 Å². The number of benzene rings is 1. The molecular weight excluding hydrogens is 283 g/mol. The molecule has 19 heavy (non-hydrogen) atoms. The lowest BCUT2D eigenvalue weighted by Crippen LogP contribution is -2.12. The Morgan fingerprint density at radius 2 is 1.89 bits per heavy atom. The van der Waals surface area contributed by atoms with Gasteiger partial charge in [-0.2, -0.15) is 0 Å². The van der Waals surface area contributed by atoms with Crippen LogP contribution in [0.15, 0.2) is 24.3 Å². The highest BCUT2D eigenvalue weighted by atomic mass is 32.4. The molecule has 1 unspecified atom stereocenters. The molecule has 1 aromatic rings. The van der Waals surface area contributed by atoms with Gasteiger partial charge in [-0.15, -0.1) is 0 Å². The molecule has 0 aliphatic heterocycles. The number of para-hydroxylation sites is 1. The van der Waals surface area contributed by atoms with Gasteiger partial charge in [-0.05, 0) is 37.8 Å². The zero-order valence-electron chi connectivity index (χ0n) is 11.7. The molecule has 1 rings (SSSR count). The summed E-state index contributed by atoms with van der Waals surface area (Å²) in [4.78, 5) is 20.7. The third kappa shape index (κ3) is 7.98. The topological polar surface area (TPSA) is 55.8 Å². The fraction of sp³-hybridized carbons (Fsp3) is 0.462. The van der Waals surface area contributed by atoms with Crippen molar-refractivity contribution in [2.45, 2.75) is 40.2 Å². The van der Waals surface area contributed by atoms with Crippen molar-refractivity contribution < 1.29 is 18.9 Å². The molecule has 0 aliphatic rings. The molecule has 0 aromatic heterocycles. The van der Waals surface area contributed by atoms with Gasteiger partial charge in [0.05, 0.1) is 6.10 Å². The molecular formula is C13H21O4PS. The lowest BCUT2D eigenvalue weighted by molar-refractivity contribution is 0.0376. The van der Waals surface area contributed by atoms with Crippen LogP contribution in [0.2, 0.25) is 0 Å². The predicted octanol–water partition coefficient (Wildman–Crippen LogP) is 3.55. The maximum Gasteiger partial charge on any atom is 0.342 e. The van der Waals surface area contributed by atoms with Crippen molar-refractivity contribution in [3.8, 4) is 5.75 Å². The lowest BCUT2D eigenvalue weighted by Gasteiger charge is -2.11. The van der Waals surface area contributed by atoms with Gasteiger partial charge < -0.3 is 14.2 Å². The Kier molecular flexibility index (Phi) is 9.48. The van der Waals surface area contributed by atoms with Crippen LogP contribution in [0.3, 0.4) is 0 Å². The number of hydrogen-bond donors (Lipinski definition) is 1. The van der Waals surface area contributed by atoms with E-state index in [1.165, 1.54) is 6.42 Å². The van der Waals surface area contributed by atoms with Crippen LogP contribution in [0.4, 0.5) is 0 Å². The molecule has 0 spiro atoms. The average Bonchev–Trinajstić information content (AvgIpc) is 2.28. The number of hydrogen-bond acceptors (Lipinski definition) is 4. The van der Waals surface area contributed by atoms with E-state index in [1.54, 1.807) is 38.1 Å². The highest BCUT2D eigenvalue weighted by Gasteiger charge is 2.15. The van der Waals surface area contributed by atoms with Crippen LogP contribution in [-0.2, 0) is 16.5 Å². The Hall–Kier alpha value is -0.900. The summed E-state index contributed by atoms with van der Waals surface area (Å²) in [6.45, 7) is 7.77. The molecule has 1 atom stereocenters. The van der Waals surface area contributed by atoms with Gasteiger partial charge in [0.25, 0.3) is 0 Å². The van der Waals surface area contributed by atoms with Crippen molar-refractivity contribution in [1.82, 2.24) is 0 Å². The predicted molar refractivity (Wildman–Crippen MR) is 81.5 cm³/mol. The minimum atomic E-state index is -2.29. The molecule has 1 N–H and O–H groups in total. The molecule has 1 aromatic carbocycles. The van der Waals surface area contributed by atoms with E-state index >= 15 is 0 Å². The first-order chi connectivity index (χ1) is 8.92. The Bertz CT molecular complexity index is 421. The van der Waals surface area contributed by atoms with Gasteiger partial charge in [0.2, 0.25) is 7.15 Å². The largest absolute Gasteiger partial charge is 0.459 e. The summed E-state index contributed by atoms with van der Waals surface area (Å²) in [5.74, 6) is -0.219. The molecule has 0 fully saturated rings. The van der Waals surface area contributed by atoms with E-state index in [0.717, 1.165) is 0 Å². The van der Waals surface area contributed by atoms with Gasteiger partial charge in [0.1, 0.15) is 11.3 Å². The summed E-state index contributed by atoms with van der Waals surface area (Å²) in [6, 6.07) is 6.53. The van der Waals surface area contributed by atoms with E-state index in [1.807, 2.05) is 0 Å². The van der Waals surface area contributed by atoms with Crippen molar-refractivity contribution >= 4 is 24.9 Å². The fourth-order valence-electron chi connectivity index (χ4n) is 1.10. The Balaban J connectivity index is 0.000000982. The van der Waals surface area contributed by atoms with E-state index in [0.29, 0.717) is 0 Å². The smallest absolute Gasteiger partial charge is 0.342 e. The molecule has 0 heterocycles. The Morgan fingerprint density at radius 3 is 2.37 bits per heavy atom. The number of rotatable bonds is 4. The van der Waals surface area contributed by atoms with Crippen molar-refractivity contribution in [2.75, 3.05) is 0 Å². The van der Waals surface area contributed by atoms with Gasteiger partial charge in [-0.1, -0.05) is 32.4 Å². The normalized spacial score (nSPS) is 11.3. The highest BCUT2D eigenvalue weighted by molar-refractivity contribution is 8.00. The van der Waals surface area contributed by atoms with Gasteiger partial charge >= 0.3 is 5.97 Å². The molecule has 0 bridgehead atoms. The second-order valence-electron chi connectivity index (χ2n) is 4.03. The summed E-state index contributed by atoms with van der Waals surface area (Å²) in [5, 5.41) is 0. The third-order valence-corrected chi connectivity index (χ3v) is 2.29. The molecule has 6 heteroatoms. The fourth-order valence-corrected chi connectivity index (χ4v) is 1.73. The molecule has 0 aliphatic carbocycles. The Labute approximate surface area is 120 Å². The number of esters is 1. The molecule has 0 radical (unpaired) electrons. The maximum absolute atomic E-state index is 11.7. The SMILES string of the molecule is CC(C)OC(=O)c1ccccc1O[PH](O)=S.CCC. The van der Waals surface area contributed by atoms with E-state index < -0.39 is 13.1 Å². The number of carbonyl (C=O) groups excluding carboxylic acids is 1. The van der Waals surface area contributed by atoms with Crippen LogP contribution < -0.4 is 4.52 Å². The van der Waals surface area contributed by atoms with Crippen molar-refractivity contribution in [2.24, 2.45) is 0 Å². The minimum Gasteiger partial charge on any atom is -0.459 e. The molecule has 4 nitrogen and oxygen atoms in total.